The zero-order chi connectivity index (χ0) is 20.9. The van der Waals surface area contributed by atoms with Gasteiger partial charge in [0.15, 0.2) is 0 Å². The van der Waals surface area contributed by atoms with E-state index in [-0.39, 0.29) is 25.0 Å². The first-order valence-corrected chi connectivity index (χ1v) is 9.35. The summed E-state index contributed by atoms with van der Waals surface area (Å²) in [5.41, 5.74) is -0.411. The fraction of sp³-hybridized carbons (Fsp3) is 0.842. The fourth-order valence-corrected chi connectivity index (χ4v) is 2.79. The van der Waals surface area contributed by atoms with Crippen LogP contribution in [-0.2, 0) is 23.8 Å². The second-order valence-electron chi connectivity index (χ2n) is 8.70. The molecule has 0 bridgehead atoms. The van der Waals surface area contributed by atoms with Crippen molar-refractivity contribution in [2.45, 2.75) is 66.8 Å². The summed E-state index contributed by atoms with van der Waals surface area (Å²) in [6.45, 7) is 13.5. The molecule has 0 radical (unpaired) electrons. The van der Waals surface area contributed by atoms with Crippen molar-refractivity contribution < 1.29 is 28.6 Å². The van der Waals surface area contributed by atoms with Gasteiger partial charge in [-0.25, -0.2) is 9.59 Å². The highest BCUT2D eigenvalue weighted by atomic mass is 16.6. The van der Waals surface area contributed by atoms with E-state index in [1.165, 1.54) is 12.0 Å². The van der Waals surface area contributed by atoms with Crippen LogP contribution in [0.4, 0.5) is 4.79 Å². The first-order valence-electron chi connectivity index (χ1n) is 9.35. The number of carbonyl (C=O) groups is 3. The molecule has 1 fully saturated rings. The Morgan fingerprint density at radius 2 is 1.78 bits per heavy atom. The number of nitrogens with one attached hydrogen (secondary N) is 1. The third-order valence-electron chi connectivity index (χ3n) is 4.21. The van der Waals surface area contributed by atoms with E-state index in [9.17, 15) is 14.4 Å². The molecule has 0 spiro atoms. The van der Waals surface area contributed by atoms with Crippen LogP contribution in [0.2, 0.25) is 0 Å². The highest BCUT2D eigenvalue weighted by Crippen LogP contribution is 2.32. The monoisotopic (exact) mass is 386 g/mol. The lowest BCUT2D eigenvalue weighted by atomic mass is 9.93. The van der Waals surface area contributed by atoms with Gasteiger partial charge in [-0.05, 0) is 11.8 Å². The number of esters is 1. The number of amides is 2. The molecule has 1 aliphatic rings. The summed E-state index contributed by atoms with van der Waals surface area (Å²) >= 11 is 0. The summed E-state index contributed by atoms with van der Waals surface area (Å²) < 4.78 is 15.9. The first-order chi connectivity index (χ1) is 12.4. The SMILES string of the molecule is COC(=O)[C@@H](NC(=O)[C@@H]1CO[C@@H](C(C)(C)C)N1C(=O)OCC(C)C)C(C)C. The Kier molecular flexibility index (Phi) is 8.07. The molecular formula is C19H34N2O6. The van der Waals surface area contributed by atoms with Crippen molar-refractivity contribution in [3.05, 3.63) is 0 Å². The van der Waals surface area contributed by atoms with Gasteiger partial charge in [-0.1, -0.05) is 48.5 Å². The second-order valence-corrected chi connectivity index (χ2v) is 8.70. The standard InChI is InChI=1S/C19H34N2O6/c1-11(2)9-27-18(24)21-13(10-26-17(21)19(5,6)7)15(22)20-14(12(3)4)16(23)25-8/h11-14,17H,9-10H2,1-8H3,(H,20,22)/t13-,14-,17-/m0/s1. The lowest BCUT2D eigenvalue weighted by Crippen LogP contribution is -2.56. The third kappa shape index (κ3) is 6.09. The summed E-state index contributed by atoms with van der Waals surface area (Å²) in [7, 11) is 1.27. The zero-order valence-electron chi connectivity index (χ0n) is 17.7. The van der Waals surface area contributed by atoms with Crippen molar-refractivity contribution in [3.63, 3.8) is 0 Å². The van der Waals surface area contributed by atoms with Gasteiger partial charge in [0, 0.05) is 5.41 Å². The predicted octanol–water partition coefficient (Wildman–Crippen LogP) is 2.17. The van der Waals surface area contributed by atoms with Crippen LogP contribution in [0.25, 0.3) is 0 Å². The molecule has 1 saturated heterocycles. The third-order valence-corrected chi connectivity index (χ3v) is 4.21. The van der Waals surface area contributed by atoms with Gasteiger partial charge in [-0.15, -0.1) is 0 Å². The van der Waals surface area contributed by atoms with Gasteiger partial charge in [-0.2, -0.15) is 0 Å². The predicted molar refractivity (Wildman–Crippen MR) is 99.8 cm³/mol. The molecule has 1 rings (SSSR count). The Morgan fingerprint density at radius 1 is 1.19 bits per heavy atom. The number of rotatable bonds is 6. The van der Waals surface area contributed by atoms with E-state index in [2.05, 4.69) is 5.32 Å². The van der Waals surface area contributed by atoms with E-state index < -0.39 is 41.7 Å². The van der Waals surface area contributed by atoms with Gasteiger partial charge in [0.05, 0.1) is 20.3 Å². The molecule has 0 aromatic heterocycles. The fourth-order valence-electron chi connectivity index (χ4n) is 2.79. The van der Waals surface area contributed by atoms with E-state index in [1.54, 1.807) is 13.8 Å². The molecule has 1 N–H and O–H groups in total. The van der Waals surface area contributed by atoms with E-state index in [0.29, 0.717) is 0 Å². The largest absolute Gasteiger partial charge is 0.467 e. The van der Waals surface area contributed by atoms with Crippen LogP contribution in [0, 0.1) is 17.3 Å². The molecule has 27 heavy (non-hydrogen) atoms. The van der Waals surface area contributed by atoms with E-state index >= 15 is 0 Å². The Bertz CT molecular complexity index is 541. The summed E-state index contributed by atoms with van der Waals surface area (Å²) in [6.07, 6.45) is -1.20. The zero-order valence-corrected chi connectivity index (χ0v) is 17.7. The maximum atomic E-state index is 12.9. The van der Waals surface area contributed by atoms with Crippen LogP contribution in [0.1, 0.15) is 48.5 Å². The minimum atomic E-state index is -0.875. The average Bonchev–Trinajstić information content (AvgIpc) is 3.01. The molecule has 8 nitrogen and oxygen atoms in total. The molecule has 0 aromatic rings. The average molecular weight is 386 g/mol. The number of carbonyl (C=O) groups excluding carboxylic acids is 3. The maximum Gasteiger partial charge on any atom is 0.412 e. The minimum absolute atomic E-state index is 0.0382. The van der Waals surface area contributed by atoms with Crippen LogP contribution >= 0.6 is 0 Å². The molecular weight excluding hydrogens is 352 g/mol. The number of hydrogen-bond donors (Lipinski definition) is 1. The van der Waals surface area contributed by atoms with Crippen molar-refractivity contribution >= 4 is 18.0 Å². The molecule has 2 amide bonds. The molecule has 0 aromatic carbocycles. The van der Waals surface area contributed by atoms with Crippen molar-refractivity contribution in [1.82, 2.24) is 10.2 Å². The highest BCUT2D eigenvalue weighted by molar-refractivity contribution is 5.90. The molecule has 8 heteroatoms. The quantitative estimate of drug-likeness (QED) is 0.703. The topological polar surface area (TPSA) is 94.2 Å². The van der Waals surface area contributed by atoms with Crippen LogP contribution in [0.15, 0.2) is 0 Å². The van der Waals surface area contributed by atoms with Gasteiger partial charge < -0.3 is 19.5 Å². The summed E-state index contributed by atoms with van der Waals surface area (Å²) in [5, 5.41) is 2.69. The Hall–Kier alpha value is -1.83. The smallest absolute Gasteiger partial charge is 0.412 e. The van der Waals surface area contributed by atoms with Crippen LogP contribution in [-0.4, -0.2) is 61.5 Å². The normalized spacial score (nSPS) is 21.3. The molecule has 3 atom stereocenters. The lowest BCUT2D eigenvalue weighted by molar-refractivity contribution is -0.146. The number of methoxy groups -OCH3 is 1. The molecule has 0 aliphatic carbocycles. The van der Waals surface area contributed by atoms with Crippen molar-refractivity contribution in [2.24, 2.45) is 17.3 Å². The molecule has 0 saturated carbocycles. The minimum Gasteiger partial charge on any atom is -0.467 e. The molecule has 1 heterocycles. The van der Waals surface area contributed by atoms with Gasteiger partial charge in [0.2, 0.25) is 5.91 Å². The van der Waals surface area contributed by atoms with Crippen molar-refractivity contribution in [1.29, 1.82) is 0 Å². The van der Waals surface area contributed by atoms with Crippen LogP contribution < -0.4 is 5.32 Å². The number of ether oxygens (including phenoxy) is 3. The van der Waals surface area contributed by atoms with Gasteiger partial charge in [0.25, 0.3) is 0 Å². The van der Waals surface area contributed by atoms with Gasteiger partial charge in [0.1, 0.15) is 18.3 Å². The molecule has 1 aliphatic heterocycles. The van der Waals surface area contributed by atoms with Crippen molar-refractivity contribution in [3.8, 4) is 0 Å². The van der Waals surface area contributed by atoms with E-state index in [0.717, 1.165) is 0 Å². The van der Waals surface area contributed by atoms with Crippen LogP contribution in [0.3, 0.4) is 0 Å². The van der Waals surface area contributed by atoms with Crippen molar-refractivity contribution in [2.75, 3.05) is 20.3 Å². The lowest BCUT2D eigenvalue weighted by Gasteiger charge is -2.35. The Labute approximate surface area is 161 Å². The Morgan fingerprint density at radius 3 is 2.22 bits per heavy atom. The summed E-state index contributed by atoms with van der Waals surface area (Å²) in [5.74, 6) is -0.989. The first kappa shape index (κ1) is 23.2. The molecule has 156 valence electrons. The Balaban J connectivity index is 3.02. The summed E-state index contributed by atoms with van der Waals surface area (Å²) in [6, 6.07) is -1.68. The van der Waals surface area contributed by atoms with Gasteiger partial charge >= 0.3 is 12.1 Å². The maximum absolute atomic E-state index is 12.9. The number of nitrogens with zero attached hydrogens (tertiary/aromatic N) is 1. The van der Waals surface area contributed by atoms with Crippen LogP contribution in [0.5, 0.6) is 0 Å². The molecule has 0 unspecified atom stereocenters. The van der Waals surface area contributed by atoms with E-state index in [1.807, 2.05) is 34.6 Å². The summed E-state index contributed by atoms with van der Waals surface area (Å²) in [4.78, 5) is 38.8. The number of hydrogen-bond acceptors (Lipinski definition) is 6. The highest BCUT2D eigenvalue weighted by Gasteiger charge is 2.48. The second kappa shape index (κ2) is 9.39. The van der Waals surface area contributed by atoms with Gasteiger partial charge in [-0.3, -0.25) is 9.69 Å². The van der Waals surface area contributed by atoms with E-state index in [4.69, 9.17) is 14.2 Å².